The fourth-order valence-electron chi connectivity index (χ4n) is 2.06. The van der Waals surface area contributed by atoms with Crippen molar-refractivity contribution in [2.75, 3.05) is 32.8 Å². The largest absolute Gasteiger partial charge is 0.376 e. The van der Waals surface area contributed by atoms with Gasteiger partial charge in [-0.2, -0.15) is 0 Å². The molecule has 3 heteroatoms. The summed E-state index contributed by atoms with van der Waals surface area (Å²) in [6.45, 7) is 7.46. The number of hydrogen-bond donors (Lipinski definition) is 1. The van der Waals surface area contributed by atoms with Crippen molar-refractivity contribution in [3.05, 3.63) is 0 Å². The van der Waals surface area contributed by atoms with Crippen molar-refractivity contribution in [1.82, 2.24) is 4.90 Å². The number of nitrogens with two attached hydrogens (primary N) is 1. The molecule has 15 heavy (non-hydrogen) atoms. The average Bonchev–Trinajstić information content (AvgIpc) is 2.29. The Hall–Kier alpha value is -0.120. The molecule has 2 N–H and O–H groups in total. The molecule has 0 aromatic heterocycles. The predicted octanol–water partition coefficient (Wildman–Crippen LogP) is 1.62. The van der Waals surface area contributed by atoms with Crippen molar-refractivity contribution in [1.29, 1.82) is 0 Å². The first-order chi connectivity index (χ1) is 7.36. The van der Waals surface area contributed by atoms with Crippen LogP contribution in [0, 0.1) is 0 Å². The van der Waals surface area contributed by atoms with Crippen molar-refractivity contribution in [3.63, 3.8) is 0 Å². The first-order valence-corrected chi connectivity index (χ1v) is 6.40. The average molecular weight is 214 g/mol. The Morgan fingerprint density at radius 3 is 2.80 bits per heavy atom. The molecule has 1 heterocycles. The van der Waals surface area contributed by atoms with E-state index in [0.29, 0.717) is 6.10 Å². The topological polar surface area (TPSA) is 38.5 Å². The van der Waals surface area contributed by atoms with Crippen molar-refractivity contribution < 1.29 is 4.74 Å². The second kappa shape index (κ2) is 8.08. The monoisotopic (exact) mass is 214 g/mol. The third kappa shape index (κ3) is 5.50. The van der Waals surface area contributed by atoms with Crippen LogP contribution in [0.2, 0.25) is 0 Å². The molecule has 1 rings (SSSR count). The zero-order chi connectivity index (χ0) is 10.9. The zero-order valence-corrected chi connectivity index (χ0v) is 10.1. The molecule has 0 bridgehead atoms. The van der Waals surface area contributed by atoms with E-state index >= 15 is 0 Å². The standard InChI is InChI=1S/C12H26N2O/c1-2-12-11-14(9-10-15-12)8-6-4-3-5-7-13/h12H,2-11,13H2,1H3. The molecule has 1 saturated heterocycles. The van der Waals surface area contributed by atoms with Gasteiger partial charge < -0.3 is 10.5 Å². The molecule has 0 spiro atoms. The van der Waals surface area contributed by atoms with Crippen LogP contribution in [0.15, 0.2) is 0 Å². The summed E-state index contributed by atoms with van der Waals surface area (Å²) in [5, 5.41) is 0. The Morgan fingerprint density at radius 1 is 1.27 bits per heavy atom. The highest BCUT2D eigenvalue weighted by molar-refractivity contribution is 4.70. The van der Waals surface area contributed by atoms with E-state index < -0.39 is 0 Å². The maximum atomic E-state index is 5.64. The molecule has 0 aromatic carbocycles. The Balaban J connectivity index is 2.00. The third-order valence-corrected chi connectivity index (χ3v) is 3.11. The van der Waals surface area contributed by atoms with E-state index in [-0.39, 0.29) is 0 Å². The van der Waals surface area contributed by atoms with Crippen molar-refractivity contribution >= 4 is 0 Å². The fraction of sp³-hybridized carbons (Fsp3) is 1.00. The summed E-state index contributed by atoms with van der Waals surface area (Å²) >= 11 is 0. The fourth-order valence-corrected chi connectivity index (χ4v) is 2.06. The summed E-state index contributed by atoms with van der Waals surface area (Å²) in [4.78, 5) is 2.54. The van der Waals surface area contributed by atoms with Crippen LogP contribution in [0.25, 0.3) is 0 Å². The Morgan fingerprint density at radius 2 is 2.07 bits per heavy atom. The Bertz CT molecular complexity index is 153. The van der Waals surface area contributed by atoms with Gasteiger partial charge in [-0.05, 0) is 32.4 Å². The van der Waals surface area contributed by atoms with Gasteiger partial charge in [-0.1, -0.05) is 19.8 Å². The molecule has 1 aliphatic rings. The van der Waals surface area contributed by atoms with E-state index in [9.17, 15) is 0 Å². The van der Waals surface area contributed by atoms with Gasteiger partial charge in [-0.3, -0.25) is 4.90 Å². The van der Waals surface area contributed by atoms with Crippen LogP contribution < -0.4 is 5.73 Å². The van der Waals surface area contributed by atoms with E-state index in [0.717, 1.165) is 32.7 Å². The van der Waals surface area contributed by atoms with Gasteiger partial charge in [0.05, 0.1) is 12.7 Å². The van der Waals surface area contributed by atoms with Gasteiger partial charge in [0.1, 0.15) is 0 Å². The second-order valence-corrected chi connectivity index (χ2v) is 4.40. The first-order valence-electron chi connectivity index (χ1n) is 6.40. The van der Waals surface area contributed by atoms with E-state index in [4.69, 9.17) is 10.5 Å². The molecular weight excluding hydrogens is 188 g/mol. The minimum atomic E-state index is 0.475. The van der Waals surface area contributed by atoms with Crippen molar-refractivity contribution in [3.8, 4) is 0 Å². The SMILES string of the molecule is CCC1CN(CCCCCCN)CCO1. The van der Waals surface area contributed by atoms with Crippen LogP contribution >= 0.6 is 0 Å². The lowest BCUT2D eigenvalue weighted by Gasteiger charge is -2.32. The Labute approximate surface area is 94.0 Å². The van der Waals surface area contributed by atoms with Gasteiger partial charge in [-0.25, -0.2) is 0 Å². The molecule has 0 aromatic rings. The molecule has 0 radical (unpaired) electrons. The lowest BCUT2D eigenvalue weighted by atomic mass is 10.1. The number of unbranched alkanes of at least 4 members (excludes halogenated alkanes) is 3. The van der Waals surface area contributed by atoms with Gasteiger partial charge in [0.2, 0.25) is 0 Å². The van der Waals surface area contributed by atoms with Crippen LogP contribution in [0.1, 0.15) is 39.0 Å². The number of morpholine rings is 1. The van der Waals surface area contributed by atoms with E-state index in [1.54, 1.807) is 0 Å². The molecule has 90 valence electrons. The summed E-state index contributed by atoms with van der Waals surface area (Å²) in [7, 11) is 0. The number of nitrogens with zero attached hydrogens (tertiary/aromatic N) is 1. The van der Waals surface area contributed by atoms with Crippen LogP contribution in [0.5, 0.6) is 0 Å². The minimum Gasteiger partial charge on any atom is -0.376 e. The molecule has 0 aliphatic carbocycles. The van der Waals surface area contributed by atoms with Crippen molar-refractivity contribution in [2.45, 2.75) is 45.1 Å². The summed E-state index contributed by atoms with van der Waals surface area (Å²) in [6.07, 6.45) is 6.73. The smallest absolute Gasteiger partial charge is 0.0700 e. The maximum absolute atomic E-state index is 5.64. The van der Waals surface area contributed by atoms with Crippen molar-refractivity contribution in [2.24, 2.45) is 5.73 Å². The van der Waals surface area contributed by atoms with E-state index in [1.807, 2.05) is 0 Å². The summed E-state index contributed by atoms with van der Waals surface area (Å²) in [5.41, 5.74) is 5.46. The minimum absolute atomic E-state index is 0.475. The van der Waals surface area contributed by atoms with Crippen LogP contribution in [-0.2, 0) is 4.74 Å². The van der Waals surface area contributed by atoms with Gasteiger partial charge in [0.15, 0.2) is 0 Å². The third-order valence-electron chi connectivity index (χ3n) is 3.11. The predicted molar refractivity (Wildman–Crippen MR) is 64.0 cm³/mol. The molecule has 1 fully saturated rings. The second-order valence-electron chi connectivity index (χ2n) is 4.40. The Kier molecular flexibility index (Phi) is 6.98. The highest BCUT2D eigenvalue weighted by Crippen LogP contribution is 2.09. The number of ether oxygens (including phenoxy) is 1. The first kappa shape index (κ1) is 12.9. The lowest BCUT2D eigenvalue weighted by Crippen LogP contribution is -2.42. The molecular formula is C12H26N2O. The molecule has 0 amide bonds. The molecule has 1 unspecified atom stereocenters. The van der Waals surface area contributed by atoms with E-state index in [1.165, 1.54) is 32.2 Å². The van der Waals surface area contributed by atoms with Crippen LogP contribution in [-0.4, -0.2) is 43.8 Å². The van der Waals surface area contributed by atoms with Gasteiger partial charge >= 0.3 is 0 Å². The molecule has 1 atom stereocenters. The van der Waals surface area contributed by atoms with Crippen LogP contribution in [0.4, 0.5) is 0 Å². The van der Waals surface area contributed by atoms with Crippen LogP contribution in [0.3, 0.4) is 0 Å². The number of rotatable bonds is 7. The van der Waals surface area contributed by atoms with Gasteiger partial charge in [0.25, 0.3) is 0 Å². The van der Waals surface area contributed by atoms with Gasteiger partial charge in [0, 0.05) is 13.1 Å². The normalized spacial score (nSPS) is 23.2. The van der Waals surface area contributed by atoms with E-state index in [2.05, 4.69) is 11.8 Å². The lowest BCUT2D eigenvalue weighted by molar-refractivity contribution is -0.0299. The quantitative estimate of drug-likeness (QED) is 0.654. The highest BCUT2D eigenvalue weighted by atomic mass is 16.5. The molecule has 0 saturated carbocycles. The summed E-state index contributed by atoms with van der Waals surface area (Å²) in [6, 6.07) is 0. The highest BCUT2D eigenvalue weighted by Gasteiger charge is 2.17. The molecule has 1 aliphatic heterocycles. The van der Waals surface area contributed by atoms with Gasteiger partial charge in [-0.15, -0.1) is 0 Å². The number of hydrogen-bond acceptors (Lipinski definition) is 3. The molecule has 3 nitrogen and oxygen atoms in total. The maximum Gasteiger partial charge on any atom is 0.0700 e. The zero-order valence-electron chi connectivity index (χ0n) is 10.1. The summed E-state index contributed by atoms with van der Waals surface area (Å²) < 4.78 is 5.64. The summed E-state index contributed by atoms with van der Waals surface area (Å²) in [5.74, 6) is 0.